The first-order chi connectivity index (χ1) is 10.2. The third-order valence-corrected chi connectivity index (χ3v) is 3.67. The zero-order chi connectivity index (χ0) is 15.1. The van der Waals surface area contributed by atoms with E-state index in [0.29, 0.717) is 5.69 Å². The van der Waals surface area contributed by atoms with E-state index in [4.69, 9.17) is 0 Å². The predicted molar refractivity (Wildman–Crippen MR) is 85.4 cm³/mol. The Hall–Kier alpha value is -2.08. The molecule has 6 heteroatoms. The molecule has 0 aliphatic heterocycles. The van der Waals surface area contributed by atoms with Gasteiger partial charge in [-0.15, -0.1) is 11.8 Å². The van der Waals surface area contributed by atoms with Gasteiger partial charge in [-0.05, 0) is 42.5 Å². The number of nitrogens with zero attached hydrogens (tertiary/aromatic N) is 2. The van der Waals surface area contributed by atoms with Crippen LogP contribution >= 0.6 is 11.8 Å². The van der Waals surface area contributed by atoms with E-state index in [1.807, 2.05) is 31.2 Å². The molecule has 110 valence electrons. The number of pyridine rings is 2. The van der Waals surface area contributed by atoms with Crippen molar-refractivity contribution in [2.75, 3.05) is 11.1 Å². The van der Waals surface area contributed by atoms with Gasteiger partial charge in [0.2, 0.25) is 0 Å². The molecule has 21 heavy (non-hydrogen) atoms. The fraction of sp³-hybridized carbons (Fsp3) is 0.267. The summed E-state index contributed by atoms with van der Waals surface area (Å²) in [6.45, 7) is 4.00. The van der Waals surface area contributed by atoms with Crippen molar-refractivity contribution in [2.24, 2.45) is 0 Å². The smallest absolute Gasteiger partial charge is 0.319 e. The van der Waals surface area contributed by atoms with Crippen LogP contribution in [0.5, 0.6) is 0 Å². The average Bonchev–Trinajstić information content (AvgIpc) is 2.50. The lowest BCUT2D eigenvalue weighted by molar-refractivity contribution is 0.249. The normalized spacial score (nSPS) is 11.7. The number of nitrogens with one attached hydrogen (secondary N) is 2. The molecule has 0 aromatic carbocycles. The molecule has 2 N–H and O–H groups in total. The van der Waals surface area contributed by atoms with Crippen molar-refractivity contribution >= 4 is 23.5 Å². The van der Waals surface area contributed by atoms with Crippen molar-refractivity contribution in [3.05, 3.63) is 48.4 Å². The Balaban J connectivity index is 1.89. The Bertz CT molecular complexity index is 574. The number of amides is 2. The number of thioether (sulfide) groups is 1. The SMILES string of the molecule is CCSc1ccc(NC(=O)N[C@H](C)c2ccncc2)cn1. The van der Waals surface area contributed by atoms with Crippen LogP contribution in [0.2, 0.25) is 0 Å². The molecule has 0 saturated carbocycles. The lowest BCUT2D eigenvalue weighted by Crippen LogP contribution is -2.31. The van der Waals surface area contributed by atoms with E-state index in [1.165, 1.54) is 0 Å². The summed E-state index contributed by atoms with van der Waals surface area (Å²) in [7, 11) is 0. The fourth-order valence-corrected chi connectivity index (χ4v) is 2.37. The van der Waals surface area contributed by atoms with Crippen LogP contribution in [0.25, 0.3) is 0 Å². The molecule has 0 spiro atoms. The van der Waals surface area contributed by atoms with E-state index >= 15 is 0 Å². The highest BCUT2D eigenvalue weighted by molar-refractivity contribution is 7.99. The van der Waals surface area contributed by atoms with Crippen molar-refractivity contribution < 1.29 is 4.79 Å². The molecule has 0 unspecified atom stereocenters. The summed E-state index contributed by atoms with van der Waals surface area (Å²) < 4.78 is 0. The van der Waals surface area contributed by atoms with Crippen molar-refractivity contribution in [1.82, 2.24) is 15.3 Å². The Kier molecular flexibility index (Phi) is 5.57. The van der Waals surface area contributed by atoms with Gasteiger partial charge in [-0.25, -0.2) is 9.78 Å². The summed E-state index contributed by atoms with van der Waals surface area (Å²) in [6, 6.07) is 7.16. The number of rotatable bonds is 5. The third-order valence-electron chi connectivity index (χ3n) is 2.84. The average molecular weight is 302 g/mol. The van der Waals surface area contributed by atoms with Gasteiger partial charge >= 0.3 is 6.03 Å². The van der Waals surface area contributed by atoms with Gasteiger partial charge in [0.15, 0.2) is 0 Å². The minimum Gasteiger partial charge on any atom is -0.331 e. The summed E-state index contributed by atoms with van der Waals surface area (Å²) in [5.41, 5.74) is 1.68. The first kappa shape index (κ1) is 15.3. The van der Waals surface area contributed by atoms with Crippen LogP contribution in [0, 0.1) is 0 Å². The molecule has 2 aromatic heterocycles. The molecule has 0 fully saturated rings. The van der Waals surface area contributed by atoms with Crippen molar-refractivity contribution in [3.8, 4) is 0 Å². The first-order valence-corrected chi connectivity index (χ1v) is 7.74. The molecule has 0 radical (unpaired) electrons. The molecule has 1 atom stereocenters. The van der Waals surface area contributed by atoms with Gasteiger partial charge in [-0.2, -0.15) is 0 Å². The summed E-state index contributed by atoms with van der Waals surface area (Å²) in [4.78, 5) is 20.2. The van der Waals surface area contributed by atoms with Crippen LogP contribution in [-0.2, 0) is 0 Å². The van der Waals surface area contributed by atoms with Crippen LogP contribution in [0.3, 0.4) is 0 Å². The van der Waals surface area contributed by atoms with Gasteiger partial charge in [0.05, 0.1) is 23.0 Å². The number of carbonyl (C=O) groups excluding carboxylic acids is 1. The van der Waals surface area contributed by atoms with Crippen LogP contribution in [0.1, 0.15) is 25.5 Å². The lowest BCUT2D eigenvalue weighted by Gasteiger charge is -2.14. The van der Waals surface area contributed by atoms with E-state index in [9.17, 15) is 4.79 Å². The van der Waals surface area contributed by atoms with Crippen molar-refractivity contribution in [2.45, 2.75) is 24.9 Å². The van der Waals surface area contributed by atoms with Gasteiger partial charge in [-0.1, -0.05) is 6.92 Å². The molecule has 2 heterocycles. The maximum atomic E-state index is 11.9. The monoisotopic (exact) mass is 302 g/mol. The van der Waals surface area contributed by atoms with E-state index in [-0.39, 0.29) is 12.1 Å². The Labute approximate surface area is 128 Å². The second-order valence-electron chi connectivity index (χ2n) is 4.42. The second-order valence-corrected chi connectivity index (χ2v) is 5.70. The topological polar surface area (TPSA) is 66.9 Å². The van der Waals surface area contributed by atoms with E-state index < -0.39 is 0 Å². The molecule has 0 bridgehead atoms. The van der Waals surface area contributed by atoms with E-state index in [0.717, 1.165) is 16.3 Å². The number of hydrogen-bond acceptors (Lipinski definition) is 4. The van der Waals surface area contributed by atoms with Gasteiger partial charge in [0.25, 0.3) is 0 Å². The molecule has 0 aliphatic carbocycles. The third kappa shape index (κ3) is 4.75. The highest BCUT2D eigenvalue weighted by Gasteiger charge is 2.09. The molecule has 0 saturated heterocycles. The zero-order valence-corrected chi connectivity index (χ0v) is 12.9. The minimum absolute atomic E-state index is 0.0871. The van der Waals surface area contributed by atoms with Crippen LogP contribution in [-0.4, -0.2) is 21.8 Å². The largest absolute Gasteiger partial charge is 0.331 e. The molecule has 5 nitrogen and oxygen atoms in total. The summed E-state index contributed by atoms with van der Waals surface area (Å²) in [5, 5.41) is 6.60. The van der Waals surface area contributed by atoms with Gasteiger partial charge in [0, 0.05) is 12.4 Å². The maximum absolute atomic E-state index is 11.9. The van der Waals surface area contributed by atoms with Crippen molar-refractivity contribution in [1.29, 1.82) is 0 Å². The maximum Gasteiger partial charge on any atom is 0.319 e. The summed E-state index contributed by atoms with van der Waals surface area (Å²) in [6.07, 6.45) is 5.08. The molecular weight excluding hydrogens is 284 g/mol. The Morgan fingerprint density at radius 2 is 2.05 bits per heavy atom. The van der Waals surface area contributed by atoms with Crippen LogP contribution in [0.4, 0.5) is 10.5 Å². The standard InChI is InChI=1S/C15H18N4OS/c1-3-21-14-5-4-13(10-17-14)19-15(20)18-11(2)12-6-8-16-9-7-12/h4-11H,3H2,1-2H3,(H2,18,19,20)/t11-/m1/s1. The number of hydrogen-bond donors (Lipinski definition) is 2. The zero-order valence-electron chi connectivity index (χ0n) is 12.0. The van der Waals surface area contributed by atoms with E-state index in [2.05, 4.69) is 27.5 Å². The summed E-state index contributed by atoms with van der Waals surface area (Å²) >= 11 is 1.67. The van der Waals surface area contributed by atoms with Crippen LogP contribution in [0.15, 0.2) is 47.9 Å². The Morgan fingerprint density at radius 1 is 1.29 bits per heavy atom. The predicted octanol–water partition coefficient (Wildman–Crippen LogP) is 3.47. The fourth-order valence-electron chi connectivity index (χ4n) is 1.79. The van der Waals surface area contributed by atoms with Crippen LogP contribution < -0.4 is 10.6 Å². The number of anilines is 1. The lowest BCUT2D eigenvalue weighted by atomic mass is 10.1. The highest BCUT2D eigenvalue weighted by Crippen LogP contribution is 2.16. The molecule has 2 amide bonds. The quantitative estimate of drug-likeness (QED) is 0.830. The molecule has 2 rings (SSSR count). The van der Waals surface area contributed by atoms with Gasteiger partial charge in [0.1, 0.15) is 0 Å². The highest BCUT2D eigenvalue weighted by atomic mass is 32.2. The minimum atomic E-state index is -0.253. The summed E-state index contributed by atoms with van der Waals surface area (Å²) in [5.74, 6) is 0.976. The van der Waals surface area contributed by atoms with Crippen molar-refractivity contribution in [3.63, 3.8) is 0 Å². The number of urea groups is 1. The molecule has 2 aromatic rings. The molecule has 0 aliphatic rings. The molecular formula is C15H18N4OS. The van der Waals surface area contributed by atoms with Gasteiger partial charge in [-0.3, -0.25) is 4.98 Å². The Morgan fingerprint density at radius 3 is 2.67 bits per heavy atom. The number of aromatic nitrogens is 2. The number of carbonyl (C=O) groups is 1. The second kappa shape index (κ2) is 7.64. The first-order valence-electron chi connectivity index (χ1n) is 6.75. The van der Waals surface area contributed by atoms with Gasteiger partial charge < -0.3 is 10.6 Å². The van der Waals surface area contributed by atoms with E-state index in [1.54, 1.807) is 30.4 Å².